The van der Waals surface area contributed by atoms with E-state index in [1.54, 1.807) is 0 Å². The van der Waals surface area contributed by atoms with Crippen molar-refractivity contribution >= 4 is 16.9 Å². The Morgan fingerprint density at radius 3 is 2.60 bits per heavy atom. The third-order valence-electron chi connectivity index (χ3n) is 5.14. The van der Waals surface area contributed by atoms with Gasteiger partial charge in [0.15, 0.2) is 0 Å². The zero-order chi connectivity index (χ0) is 17.6. The molecule has 0 radical (unpaired) electrons. The molecule has 1 saturated carbocycles. The predicted octanol–water partition coefficient (Wildman–Crippen LogP) is 3.07. The highest BCUT2D eigenvalue weighted by Crippen LogP contribution is 2.48. The predicted molar refractivity (Wildman–Crippen MR) is 97.6 cm³/mol. The lowest BCUT2D eigenvalue weighted by Crippen LogP contribution is -2.36. The molecule has 4 rings (SSSR count). The van der Waals surface area contributed by atoms with Gasteiger partial charge in [-0.05, 0) is 49.9 Å². The number of carbonyl (C=O) groups excluding carboxylic acids is 1. The van der Waals surface area contributed by atoms with Gasteiger partial charge in [-0.15, -0.1) is 0 Å². The van der Waals surface area contributed by atoms with Crippen molar-refractivity contribution in [3.05, 3.63) is 69.6 Å². The summed E-state index contributed by atoms with van der Waals surface area (Å²) < 4.78 is 0. The standard InChI is InChI=1S/C20H21N3O2/c1-12-4-3-5-15(10-12)20(8-9-20)18(24)21-13(2)14-6-7-16-17(11-14)23-19(25)22-16/h3-7,10-11,13H,8-9H2,1-2H3,(H,21,24)(H2,22,23,25)/t13-/m0/s1. The number of benzene rings is 2. The Hall–Kier alpha value is -2.82. The first-order chi connectivity index (χ1) is 12.0. The lowest BCUT2D eigenvalue weighted by Gasteiger charge is -2.21. The van der Waals surface area contributed by atoms with E-state index >= 15 is 0 Å². The molecule has 128 valence electrons. The van der Waals surface area contributed by atoms with Gasteiger partial charge < -0.3 is 15.3 Å². The number of aryl methyl sites for hydroxylation is 1. The maximum absolute atomic E-state index is 12.9. The summed E-state index contributed by atoms with van der Waals surface area (Å²) in [6, 6.07) is 13.8. The van der Waals surface area contributed by atoms with Gasteiger partial charge >= 0.3 is 5.69 Å². The van der Waals surface area contributed by atoms with E-state index in [9.17, 15) is 9.59 Å². The smallest absolute Gasteiger partial charge is 0.323 e. The minimum atomic E-state index is -0.382. The van der Waals surface area contributed by atoms with Crippen LogP contribution in [0.1, 0.15) is 42.5 Å². The van der Waals surface area contributed by atoms with Crippen molar-refractivity contribution in [2.45, 2.75) is 38.1 Å². The average molecular weight is 335 g/mol. The fraction of sp³-hybridized carbons (Fsp3) is 0.300. The first kappa shape index (κ1) is 15.7. The minimum Gasteiger partial charge on any atom is -0.349 e. The van der Waals surface area contributed by atoms with Gasteiger partial charge in [0.1, 0.15) is 0 Å². The summed E-state index contributed by atoms with van der Waals surface area (Å²) in [5.41, 5.74) is 4.16. The van der Waals surface area contributed by atoms with Gasteiger partial charge in [-0.3, -0.25) is 4.79 Å². The third kappa shape index (κ3) is 2.76. The summed E-state index contributed by atoms with van der Waals surface area (Å²) in [6.45, 7) is 4.02. The number of imidazole rings is 1. The van der Waals surface area contributed by atoms with Crippen LogP contribution in [0, 0.1) is 6.92 Å². The number of aromatic nitrogens is 2. The first-order valence-electron chi connectivity index (χ1n) is 8.58. The number of fused-ring (bicyclic) bond motifs is 1. The topological polar surface area (TPSA) is 77.8 Å². The average Bonchev–Trinajstić information content (AvgIpc) is 3.30. The molecule has 1 atom stereocenters. The van der Waals surface area contributed by atoms with Crippen molar-refractivity contribution in [3.8, 4) is 0 Å². The molecule has 1 fully saturated rings. The van der Waals surface area contributed by atoms with Crippen LogP contribution in [0.3, 0.4) is 0 Å². The van der Waals surface area contributed by atoms with Crippen LogP contribution in [0.15, 0.2) is 47.3 Å². The van der Waals surface area contributed by atoms with Crippen LogP contribution < -0.4 is 11.0 Å². The highest BCUT2D eigenvalue weighted by molar-refractivity contribution is 5.91. The molecule has 3 N–H and O–H groups in total. The van der Waals surface area contributed by atoms with Crippen LogP contribution in [0.5, 0.6) is 0 Å². The molecule has 0 spiro atoms. The summed E-state index contributed by atoms with van der Waals surface area (Å²) in [5, 5.41) is 3.15. The number of aromatic amines is 2. The number of hydrogen-bond acceptors (Lipinski definition) is 2. The van der Waals surface area contributed by atoms with Crippen molar-refractivity contribution in [1.29, 1.82) is 0 Å². The number of nitrogens with one attached hydrogen (secondary N) is 3. The van der Waals surface area contributed by atoms with Gasteiger partial charge in [-0.1, -0.05) is 35.9 Å². The van der Waals surface area contributed by atoms with Gasteiger partial charge in [-0.2, -0.15) is 0 Å². The second-order valence-corrected chi connectivity index (χ2v) is 7.03. The zero-order valence-electron chi connectivity index (χ0n) is 14.3. The van der Waals surface area contributed by atoms with E-state index in [1.165, 1.54) is 5.56 Å². The molecule has 0 saturated heterocycles. The summed E-state index contributed by atoms with van der Waals surface area (Å²) in [7, 11) is 0. The van der Waals surface area contributed by atoms with E-state index < -0.39 is 0 Å². The molecule has 3 aromatic rings. The lowest BCUT2D eigenvalue weighted by atomic mass is 9.93. The molecule has 0 bridgehead atoms. The largest absolute Gasteiger partial charge is 0.349 e. The maximum atomic E-state index is 12.9. The molecular formula is C20H21N3O2. The van der Waals surface area contributed by atoms with Crippen LogP contribution in [-0.4, -0.2) is 15.9 Å². The van der Waals surface area contributed by atoms with Crippen LogP contribution in [-0.2, 0) is 10.2 Å². The number of H-pyrrole nitrogens is 2. The zero-order valence-corrected chi connectivity index (χ0v) is 14.3. The van der Waals surface area contributed by atoms with E-state index in [4.69, 9.17) is 0 Å². The Balaban J connectivity index is 1.56. The fourth-order valence-corrected chi connectivity index (χ4v) is 3.45. The fourth-order valence-electron chi connectivity index (χ4n) is 3.45. The number of amides is 1. The van der Waals surface area contributed by atoms with Crippen molar-refractivity contribution in [3.63, 3.8) is 0 Å². The normalized spacial score (nSPS) is 16.6. The SMILES string of the molecule is Cc1cccc(C2(C(=O)N[C@@H](C)c3ccc4[nH]c(=O)[nH]c4c3)CC2)c1. The van der Waals surface area contributed by atoms with Crippen molar-refractivity contribution < 1.29 is 4.79 Å². The molecule has 2 aromatic carbocycles. The summed E-state index contributed by atoms with van der Waals surface area (Å²) in [5.74, 6) is 0.0771. The molecule has 1 aliphatic rings. The molecule has 5 nitrogen and oxygen atoms in total. The van der Waals surface area contributed by atoms with E-state index in [0.717, 1.165) is 35.0 Å². The van der Waals surface area contributed by atoms with Gasteiger partial charge in [0, 0.05) is 0 Å². The van der Waals surface area contributed by atoms with E-state index in [0.29, 0.717) is 0 Å². The molecule has 0 aliphatic heterocycles. The molecule has 1 heterocycles. The van der Waals surface area contributed by atoms with Gasteiger partial charge in [0.25, 0.3) is 0 Å². The van der Waals surface area contributed by atoms with Gasteiger partial charge in [0.05, 0.1) is 22.5 Å². The monoisotopic (exact) mass is 335 g/mol. The summed E-state index contributed by atoms with van der Waals surface area (Å²) >= 11 is 0. The van der Waals surface area contributed by atoms with Crippen LogP contribution >= 0.6 is 0 Å². The molecule has 25 heavy (non-hydrogen) atoms. The lowest BCUT2D eigenvalue weighted by molar-refractivity contribution is -0.124. The highest BCUT2D eigenvalue weighted by atomic mass is 16.2. The number of carbonyl (C=O) groups is 1. The van der Waals surface area contributed by atoms with Crippen molar-refractivity contribution in [1.82, 2.24) is 15.3 Å². The Morgan fingerprint density at radius 1 is 1.12 bits per heavy atom. The molecule has 1 aliphatic carbocycles. The molecule has 1 amide bonds. The Labute approximate surface area is 145 Å². The second kappa shape index (κ2) is 5.62. The summed E-state index contributed by atoms with van der Waals surface area (Å²) in [4.78, 5) is 29.8. The molecule has 5 heteroatoms. The van der Waals surface area contributed by atoms with Crippen LogP contribution in [0.2, 0.25) is 0 Å². The van der Waals surface area contributed by atoms with Gasteiger partial charge in [0.2, 0.25) is 5.91 Å². The maximum Gasteiger partial charge on any atom is 0.323 e. The minimum absolute atomic E-state index is 0.0771. The molecular weight excluding hydrogens is 314 g/mol. The summed E-state index contributed by atoms with van der Waals surface area (Å²) in [6.07, 6.45) is 1.78. The number of rotatable bonds is 4. The van der Waals surface area contributed by atoms with E-state index in [2.05, 4.69) is 21.4 Å². The number of hydrogen-bond donors (Lipinski definition) is 3. The van der Waals surface area contributed by atoms with Crippen molar-refractivity contribution in [2.75, 3.05) is 0 Å². The Morgan fingerprint density at radius 2 is 1.88 bits per heavy atom. The molecule has 0 unspecified atom stereocenters. The van der Waals surface area contributed by atoms with E-state index in [-0.39, 0.29) is 23.1 Å². The van der Waals surface area contributed by atoms with Crippen LogP contribution in [0.25, 0.3) is 11.0 Å². The second-order valence-electron chi connectivity index (χ2n) is 7.03. The van der Waals surface area contributed by atoms with Crippen molar-refractivity contribution in [2.24, 2.45) is 0 Å². The highest BCUT2D eigenvalue weighted by Gasteiger charge is 2.51. The Kier molecular flexibility index (Phi) is 3.53. The first-order valence-corrected chi connectivity index (χ1v) is 8.58. The Bertz CT molecular complexity index is 1010. The quantitative estimate of drug-likeness (QED) is 0.685. The molecule has 1 aromatic heterocycles. The van der Waals surface area contributed by atoms with Gasteiger partial charge in [-0.25, -0.2) is 4.79 Å². The van der Waals surface area contributed by atoms with Crippen LogP contribution in [0.4, 0.5) is 0 Å². The van der Waals surface area contributed by atoms with E-state index in [1.807, 2.05) is 50.2 Å². The third-order valence-corrected chi connectivity index (χ3v) is 5.14.